The third-order valence-electron chi connectivity index (χ3n) is 2.98. The fourth-order valence-corrected chi connectivity index (χ4v) is 3.22. The zero-order chi connectivity index (χ0) is 11.2. The molecule has 0 radical (unpaired) electrons. The molecule has 1 aliphatic carbocycles. The second-order valence-electron chi connectivity index (χ2n) is 4.33. The standard InChI is InChI=1S/C8H14Cl2O3S/c1-7(2)6(8(7,9)10)4-3-5-14(11,12)13/h6H,3-5H2,1-2H3,(H,11,12,13). The Hall–Kier alpha value is 0.490. The van der Waals surface area contributed by atoms with Gasteiger partial charge in [0.1, 0.15) is 4.33 Å². The third-order valence-corrected chi connectivity index (χ3v) is 5.29. The minimum absolute atomic E-state index is 0.111. The quantitative estimate of drug-likeness (QED) is 0.624. The molecule has 0 heterocycles. The molecule has 0 aromatic heterocycles. The molecule has 0 spiro atoms. The molecule has 0 aromatic carbocycles. The van der Waals surface area contributed by atoms with Crippen molar-refractivity contribution < 1.29 is 13.0 Å². The molecule has 84 valence electrons. The van der Waals surface area contributed by atoms with Crippen LogP contribution in [0.15, 0.2) is 0 Å². The molecule has 0 amide bonds. The molecule has 0 bridgehead atoms. The highest BCUT2D eigenvalue weighted by Gasteiger charge is 2.69. The van der Waals surface area contributed by atoms with Crippen LogP contribution in [0.3, 0.4) is 0 Å². The summed E-state index contributed by atoms with van der Waals surface area (Å²) in [6.07, 6.45) is 1.02. The second kappa shape index (κ2) is 3.51. The maximum absolute atomic E-state index is 10.4. The molecular formula is C8H14Cl2O3S. The van der Waals surface area contributed by atoms with Crippen LogP contribution in [-0.4, -0.2) is 23.1 Å². The van der Waals surface area contributed by atoms with E-state index in [-0.39, 0.29) is 17.1 Å². The highest BCUT2D eigenvalue weighted by atomic mass is 35.5. The van der Waals surface area contributed by atoms with Gasteiger partial charge in [0.05, 0.1) is 5.75 Å². The number of hydrogen-bond donors (Lipinski definition) is 1. The normalized spacial score (nSPS) is 28.8. The number of rotatable bonds is 4. The Bertz CT molecular complexity index is 307. The van der Waals surface area contributed by atoms with Crippen molar-refractivity contribution in [3.05, 3.63) is 0 Å². The summed E-state index contributed by atoms with van der Waals surface area (Å²) in [6.45, 7) is 3.90. The number of alkyl halides is 2. The largest absolute Gasteiger partial charge is 0.286 e. The van der Waals surface area contributed by atoms with Crippen LogP contribution in [0.4, 0.5) is 0 Å². The predicted octanol–water partition coefficient (Wildman–Crippen LogP) is 2.48. The van der Waals surface area contributed by atoms with Crippen LogP contribution < -0.4 is 0 Å². The van der Waals surface area contributed by atoms with E-state index in [4.69, 9.17) is 27.8 Å². The van der Waals surface area contributed by atoms with Crippen molar-refractivity contribution in [2.75, 3.05) is 5.75 Å². The van der Waals surface area contributed by atoms with Gasteiger partial charge in [0, 0.05) is 11.3 Å². The Labute approximate surface area is 94.5 Å². The van der Waals surface area contributed by atoms with Crippen molar-refractivity contribution >= 4 is 33.3 Å². The lowest BCUT2D eigenvalue weighted by molar-refractivity contribution is 0.473. The van der Waals surface area contributed by atoms with Crippen LogP contribution in [0.1, 0.15) is 26.7 Å². The van der Waals surface area contributed by atoms with Crippen molar-refractivity contribution in [1.29, 1.82) is 0 Å². The van der Waals surface area contributed by atoms with E-state index in [0.29, 0.717) is 12.8 Å². The molecule has 1 rings (SSSR count). The molecule has 0 aliphatic heterocycles. The van der Waals surface area contributed by atoms with Gasteiger partial charge in [0.25, 0.3) is 10.1 Å². The van der Waals surface area contributed by atoms with Crippen molar-refractivity contribution in [2.24, 2.45) is 11.3 Å². The molecule has 1 fully saturated rings. The van der Waals surface area contributed by atoms with E-state index < -0.39 is 14.5 Å². The molecule has 0 aromatic rings. The van der Waals surface area contributed by atoms with Crippen LogP contribution >= 0.6 is 23.2 Å². The maximum Gasteiger partial charge on any atom is 0.264 e. The summed E-state index contributed by atoms with van der Waals surface area (Å²) in [6, 6.07) is 0. The smallest absolute Gasteiger partial charge is 0.264 e. The molecule has 6 heteroatoms. The van der Waals surface area contributed by atoms with Gasteiger partial charge in [-0.05, 0) is 12.8 Å². The highest BCUT2D eigenvalue weighted by Crippen LogP contribution is 2.70. The molecule has 1 N–H and O–H groups in total. The van der Waals surface area contributed by atoms with Crippen molar-refractivity contribution in [1.82, 2.24) is 0 Å². The summed E-state index contributed by atoms with van der Waals surface area (Å²) in [4.78, 5) is 0. The first-order valence-corrected chi connectivity index (χ1v) is 6.78. The predicted molar refractivity (Wildman–Crippen MR) is 57.4 cm³/mol. The van der Waals surface area contributed by atoms with E-state index >= 15 is 0 Å². The molecule has 14 heavy (non-hydrogen) atoms. The summed E-state index contributed by atoms with van der Waals surface area (Å²) >= 11 is 12.0. The van der Waals surface area contributed by atoms with Crippen LogP contribution in [0.5, 0.6) is 0 Å². The lowest BCUT2D eigenvalue weighted by atomic mass is 10.1. The highest BCUT2D eigenvalue weighted by molar-refractivity contribution is 7.85. The first-order valence-electron chi connectivity index (χ1n) is 4.42. The van der Waals surface area contributed by atoms with Gasteiger partial charge in [-0.1, -0.05) is 13.8 Å². The SMILES string of the molecule is CC1(C)C(CCCS(=O)(=O)O)C1(Cl)Cl. The summed E-state index contributed by atoms with van der Waals surface area (Å²) in [5.74, 6) is -0.108. The minimum Gasteiger partial charge on any atom is -0.286 e. The fourth-order valence-electron chi connectivity index (χ4n) is 1.77. The molecule has 1 atom stereocenters. The molecule has 1 unspecified atom stereocenters. The fraction of sp³-hybridized carbons (Fsp3) is 1.00. The van der Waals surface area contributed by atoms with Crippen molar-refractivity contribution in [2.45, 2.75) is 31.0 Å². The molecule has 1 aliphatic rings. The van der Waals surface area contributed by atoms with Gasteiger partial charge >= 0.3 is 0 Å². The first kappa shape index (κ1) is 12.6. The summed E-state index contributed by atoms with van der Waals surface area (Å²) < 4.78 is 28.7. The Morgan fingerprint density at radius 1 is 1.36 bits per heavy atom. The zero-order valence-corrected chi connectivity index (χ0v) is 10.5. The van der Waals surface area contributed by atoms with Crippen LogP contribution in [-0.2, 0) is 10.1 Å². The molecule has 1 saturated carbocycles. The second-order valence-corrected chi connectivity index (χ2v) is 7.28. The van der Waals surface area contributed by atoms with E-state index in [2.05, 4.69) is 0 Å². The third kappa shape index (κ3) is 2.35. The van der Waals surface area contributed by atoms with E-state index in [1.54, 1.807) is 0 Å². The maximum atomic E-state index is 10.4. The van der Waals surface area contributed by atoms with E-state index in [0.717, 1.165) is 0 Å². The Morgan fingerprint density at radius 2 is 1.79 bits per heavy atom. The molecule has 0 saturated heterocycles. The van der Waals surface area contributed by atoms with E-state index in [9.17, 15) is 8.42 Å². The van der Waals surface area contributed by atoms with Crippen LogP contribution in [0.25, 0.3) is 0 Å². The molecular weight excluding hydrogens is 247 g/mol. The zero-order valence-electron chi connectivity index (χ0n) is 8.13. The van der Waals surface area contributed by atoms with Gasteiger partial charge in [-0.15, -0.1) is 23.2 Å². The number of halogens is 2. The summed E-state index contributed by atoms with van der Waals surface area (Å²) in [7, 11) is -3.85. The lowest BCUT2D eigenvalue weighted by Crippen LogP contribution is -2.04. The monoisotopic (exact) mass is 260 g/mol. The van der Waals surface area contributed by atoms with Crippen molar-refractivity contribution in [3.63, 3.8) is 0 Å². The van der Waals surface area contributed by atoms with Crippen LogP contribution in [0, 0.1) is 11.3 Å². The Kier molecular flexibility index (Phi) is 3.15. The number of hydrogen-bond acceptors (Lipinski definition) is 2. The average molecular weight is 261 g/mol. The van der Waals surface area contributed by atoms with Gasteiger partial charge in [-0.3, -0.25) is 4.55 Å². The summed E-state index contributed by atoms with van der Waals surface area (Å²) in [5, 5.41) is 0. The Balaban J connectivity index is 2.37. The van der Waals surface area contributed by atoms with E-state index in [1.807, 2.05) is 13.8 Å². The Morgan fingerprint density at radius 3 is 2.07 bits per heavy atom. The molecule has 3 nitrogen and oxygen atoms in total. The van der Waals surface area contributed by atoms with Gasteiger partial charge in [0.15, 0.2) is 0 Å². The van der Waals surface area contributed by atoms with Crippen molar-refractivity contribution in [3.8, 4) is 0 Å². The average Bonchev–Trinajstić information content (AvgIpc) is 2.28. The minimum atomic E-state index is -3.85. The summed E-state index contributed by atoms with van der Waals surface area (Å²) in [5.41, 5.74) is -0.157. The van der Waals surface area contributed by atoms with Gasteiger partial charge < -0.3 is 0 Å². The van der Waals surface area contributed by atoms with Gasteiger partial charge in [-0.25, -0.2) is 0 Å². The lowest BCUT2D eigenvalue weighted by Gasteiger charge is -2.00. The van der Waals surface area contributed by atoms with Crippen LogP contribution in [0.2, 0.25) is 0 Å². The first-order chi connectivity index (χ1) is 6.09. The van der Waals surface area contributed by atoms with Gasteiger partial charge in [0.2, 0.25) is 0 Å². The topological polar surface area (TPSA) is 54.4 Å². The van der Waals surface area contributed by atoms with Gasteiger partial charge in [-0.2, -0.15) is 8.42 Å². The van der Waals surface area contributed by atoms with E-state index in [1.165, 1.54) is 0 Å².